The van der Waals surface area contributed by atoms with E-state index >= 15 is 0 Å². The third-order valence-electron chi connectivity index (χ3n) is 3.47. The fourth-order valence-corrected chi connectivity index (χ4v) is 2.57. The molecule has 3 nitrogen and oxygen atoms in total. The molecule has 0 fully saturated rings. The van der Waals surface area contributed by atoms with E-state index in [1.54, 1.807) is 0 Å². The maximum atomic E-state index is 9.18. The second-order valence-electron chi connectivity index (χ2n) is 4.83. The number of fused-ring (bicyclic) bond motifs is 1. The van der Waals surface area contributed by atoms with Gasteiger partial charge in [-0.15, -0.1) is 0 Å². The summed E-state index contributed by atoms with van der Waals surface area (Å²) in [6.45, 7) is 2.45. The van der Waals surface area contributed by atoms with Crippen molar-refractivity contribution in [3.05, 3.63) is 71.3 Å². The predicted molar refractivity (Wildman–Crippen MR) is 75.3 cm³/mol. The molecule has 1 heterocycles. The molecule has 2 aromatic carbocycles. The lowest BCUT2D eigenvalue weighted by Crippen LogP contribution is -2.35. The smallest absolute Gasteiger partial charge is 0.101 e. The minimum Gasteiger partial charge on any atom is -0.411 e. The molecule has 0 bridgehead atoms. The summed E-state index contributed by atoms with van der Waals surface area (Å²) in [4.78, 5) is 2.28. The van der Waals surface area contributed by atoms with Gasteiger partial charge in [-0.05, 0) is 11.1 Å². The monoisotopic (exact) mass is 252 g/mol. The zero-order valence-electron chi connectivity index (χ0n) is 10.7. The number of hydrogen-bond acceptors (Lipinski definition) is 3. The summed E-state index contributed by atoms with van der Waals surface area (Å²) in [6.07, 6.45) is 0. The highest BCUT2D eigenvalue weighted by Crippen LogP contribution is 2.20. The van der Waals surface area contributed by atoms with Gasteiger partial charge in [-0.3, -0.25) is 4.90 Å². The number of benzene rings is 2. The van der Waals surface area contributed by atoms with Crippen LogP contribution in [0, 0.1) is 0 Å². The van der Waals surface area contributed by atoms with Crippen molar-refractivity contribution in [1.29, 1.82) is 0 Å². The molecule has 0 aromatic heterocycles. The maximum absolute atomic E-state index is 9.18. The number of hydrogen-bond donors (Lipinski definition) is 1. The molecule has 0 radical (unpaired) electrons. The molecular weight excluding hydrogens is 236 g/mol. The highest BCUT2D eigenvalue weighted by atomic mass is 16.4. The first kappa shape index (κ1) is 11.9. The average molecular weight is 252 g/mol. The number of rotatable bonds is 2. The molecule has 2 aromatic rings. The first-order valence-electron chi connectivity index (χ1n) is 6.42. The molecule has 0 saturated heterocycles. The Balaban J connectivity index is 1.84. The SMILES string of the molecule is O/N=C1\CN(Cc2ccccc2)Cc2ccccc21. The molecule has 1 N–H and O–H groups in total. The van der Waals surface area contributed by atoms with Gasteiger partial charge in [0.25, 0.3) is 0 Å². The summed E-state index contributed by atoms with van der Waals surface area (Å²) in [5.41, 5.74) is 4.31. The molecule has 0 unspecified atom stereocenters. The van der Waals surface area contributed by atoms with E-state index in [0.29, 0.717) is 6.54 Å². The molecule has 1 aliphatic rings. The van der Waals surface area contributed by atoms with Crippen molar-refractivity contribution < 1.29 is 5.21 Å². The third-order valence-corrected chi connectivity index (χ3v) is 3.47. The van der Waals surface area contributed by atoms with Gasteiger partial charge in [0.2, 0.25) is 0 Å². The minimum absolute atomic E-state index is 0.683. The standard InChI is InChI=1S/C16H16N2O/c19-17-16-12-18(10-13-6-2-1-3-7-13)11-14-8-4-5-9-15(14)16/h1-9,19H,10-12H2/b17-16+. The van der Waals surface area contributed by atoms with Crippen LogP contribution in [0.2, 0.25) is 0 Å². The highest BCUT2D eigenvalue weighted by Gasteiger charge is 2.21. The van der Waals surface area contributed by atoms with Gasteiger partial charge in [0.15, 0.2) is 0 Å². The van der Waals surface area contributed by atoms with Crippen LogP contribution in [-0.4, -0.2) is 22.4 Å². The Morgan fingerprint density at radius 1 is 0.947 bits per heavy atom. The van der Waals surface area contributed by atoms with E-state index in [-0.39, 0.29) is 0 Å². The molecule has 3 heteroatoms. The van der Waals surface area contributed by atoms with Crippen LogP contribution in [0.15, 0.2) is 59.8 Å². The van der Waals surface area contributed by atoms with Crippen LogP contribution < -0.4 is 0 Å². The molecule has 0 atom stereocenters. The van der Waals surface area contributed by atoms with Gasteiger partial charge in [0, 0.05) is 25.2 Å². The van der Waals surface area contributed by atoms with E-state index < -0.39 is 0 Å². The summed E-state index contributed by atoms with van der Waals surface area (Å²) < 4.78 is 0. The van der Waals surface area contributed by atoms with Gasteiger partial charge < -0.3 is 5.21 Å². The molecule has 96 valence electrons. The lowest BCUT2D eigenvalue weighted by Gasteiger charge is -2.29. The van der Waals surface area contributed by atoms with Crippen molar-refractivity contribution in [3.63, 3.8) is 0 Å². The van der Waals surface area contributed by atoms with E-state index in [1.165, 1.54) is 11.1 Å². The molecule has 3 rings (SSSR count). The van der Waals surface area contributed by atoms with Crippen LogP contribution in [0.5, 0.6) is 0 Å². The second-order valence-corrected chi connectivity index (χ2v) is 4.83. The Bertz CT molecular complexity index is 593. The second kappa shape index (κ2) is 5.24. The lowest BCUT2D eigenvalue weighted by molar-refractivity contribution is 0.274. The van der Waals surface area contributed by atoms with Crippen molar-refractivity contribution in [1.82, 2.24) is 4.90 Å². The largest absolute Gasteiger partial charge is 0.411 e. The van der Waals surface area contributed by atoms with E-state index in [0.717, 1.165) is 24.4 Å². The zero-order valence-corrected chi connectivity index (χ0v) is 10.7. The van der Waals surface area contributed by atoms with Crippen LogP contribution in [0.3, 0.4) is 0 Å². The van der Waals surface area contributed by atoms with Gasteiger partial charge in [0.05, 0.1) is 0 Å². The van der Waals surface area contributed by atoms with Crippen LogP contribution in [0.4, 0.5) is 0 Å². The van der Waals surface area contributed by atoms with Crippen molar-refractivity contribution in [2.75, 3.05) is 6.54 Å². The van der Waals surface area contributed by atoms with E-state index in [1.807, 2.05) is 36.4 Å². The Hall–Kier alpha value is -2.13. The highest BCUT2D eigenvalue weighted by molar-refractivity contribution is 6.03. The summed E-state index contributed by atoms with van der Waals surface area (Å²) >= 11 is 0. The third kappa shape index (κ3) is 2.51. The van der Waals surface area contributed by atoms with Crippen molar-refractivity contribution in [3.8, 4) is 0 Å². The molecule has 0 aliphatic carbocycles. The summed E-state index contributed by atoms with van der Waals surface area (Å²) in [7, 11) is 0. The quantitative estimate of drug-likeness (QED) is 0.659. The zero-order chi connectivity index (χ0) is 13.1. The van der Waals surface area contributed by atoms with Crippen LogP contribution in [0.1, 0.15) is 16.7 Å². The fourth-order valence-electron chi connectivity index (χ4n) is 2.57. The van der Waals surface area contributed by atoms with Crippen LogP contribution in [-0.2, 0) is 13.1 Å². The fraction of sp³-hybridized carbons (Fsp3) is 0.188. The Labute approximate surface area is 112 Å². The molecule has 0 amide bonds. The Kier molecular flexibility index (Phi) is 3.29. The topological polar surface area (TPSA) is 35.8 Å². The first-order valence-corrected chi connectivity index (χ1v) is 6.42. The summed E-state index contributed by atoms with van der Waals surface area (Å²) in [5, 5.41) is 12.6. The number of nitrogens with zero attached hydrogens (tertiary/aromatic N) is 2. The molecule has 19 heavy (non-hydrogen) atoms. The molecule has 0 spiro atoms. The molecular formula is C16H16N2O. The Morgan fingerprint density at radius 2 is 1.68 bits per heavy atom. The summed E-state index contributed by atoms with van der Waals surface area (Å²) in [6, 6.07) is 18.5. The Morgan fingerprint density at radius 3 is 2.47 bits per heavy atom. The predicted octanol–water partition coefficient (Wildman–Crippen LogP) is 2.88. The van der Waals surface area contributed by atoms with Gasteiger partial charge in [-0.1, -0.05) is 59.8 Å². The van der Waals surface area contributed by atoms with E-state index in [4.69, 9.17) is 0 Å². The molecule has 1 aliphatic heterocycles. The normalized spacial score (nSPS) is 17.4. The average Bonchev–Trinajstić information content (AvgIpc) is 2.47. The van der Waals surface area contributed by atoms with Gasteiger partial charge in [-0.2, -0.15) is 0 Å². The lowest BCUT2D eigenvalue weighted by atomic mass is 9.98. The number of oxime groups is 1. The van der Waals surface area contributed by atoms with Gasteiger partial charge >= 0.3 is 0 Å². The van der Waals surface area contributed by atoms with E-state index in [9.17, 15) is 5.21 Å². The van der Waals surface area contributed by atoms with E-state index in [2.05, 4.69) is 28.3 Å². The van der Waals surface area contributed by atoms with Crippen LogP contribution in [0.25, 0.3) is 0 Å². The molecule has 0 saturated carbocycles. The van der Waals surface area contributed by atoms with Crippen molar-refractivity contribution in [2.24, 2.45) is 5.16 Å². The van der Waals surface area contributed by atoms with Gasteiger partial charge in [-0.25, -0.2) is 0 Å². The minimum atomic E-state index is 0.683. The summed E-state index contributed by atoms with van der Waals surface area (Å²) in [5.74, 6) is 0. The van der Waals surface area contributed by atoms with Gasteiger partial charge in [0.1, 0.15) is 5.71 Å². The van der Waals surface area contributed by atoms with Crippen molar-refractivity contribution >= 4 is 5.71 Å². The van der Waals surface area contributed by atoms with Crippen molar-refractivity contribution in [2.45, 2.75) is 13.1 Å². The maximum Gasteiger partial charge on any atom is 0.101 e. The first-order chi connectivity index (χ1) is 9.36. The van der Waals surface area contributed by atoms with Crippen LogP contribution >= 0.6 is 0 Å².